The van der Waals surface area contributed by atoms with Gasteiger partial charge in [-0.3, -0.25) is 0 Å². The Morgan fingerprint density at radius 1 is 1.43 bits per heavy atom. The molecule has 0 spiro atoms. The Bertz CT molecular complexity index is 399. The minimum atomic E-state index is -0.854. The van der Waals surface area contributed by atoms with Crippen molar-refractivity contribution in [1.82, 2.24) is 4.90 Å². The third-order valence-electron chi connectivity index (χ3n) is 5.03. The summed E-state index contributed by atoms with van der Waals surface area (Å²) in [5.41, 5.74) is 4.42. The van der Waals surface area contributed by atoms with Crippen molar-refractivity contribution in [2.75, 3.05) is 19.6 Å². The first-order valence-electron chi connectivity index (χ1n) is 8.01. The molecule has 1 saturated carbocycles. The highest BCUT2D eigenvalue weighted by Gasteiger charge is 2.58. The van der Waals surface area contributed by atoms with E-state index in [0.29, 0.717) is 25.6 Å². The van der Waals surface area contributed by atoms with Crippen LogP contribution in [0, 0.1) is 11.3 Å². The first-order chi connectivity index (χ1) is 9.61. The summed E-state index contributed by atoms with van der Waals surface area (Å²) in [6, 6.07) is 0. The van der Waals surface area contributed by atoms with Crippen LogP contribution in [0.2, 0.25) is 0 Å². The lowest BCUT2D eigenvalue weighted by Crippen LogP contribution is -2.73. The van der Waals surface area contributed by atoms with Crippen molar-refractivity contribution < 1.29 is 14.6 Å². The van der Waals surface area contributed by atoms with E-state index in [9.17, 15) is 9.90 Å². The Kier molecular flexibility index (Phi) is 4.28. The average molecular weight is 298 g/mol. The zero-order valence-corrected chi connectivity index (χ0v) is 13.8. The highest BCUT2D eigenvalue weighted by Crippen LogP contribution is 2.50. The van der Waals surface area contributed by atoms with Gasteiger partial charge in [0.05, 0.1) is 13.1 Å². The van der Waals surface area contributed by atoms with Crippen molar-refractivity contribution in [2.24, 2.45) is 17.1 Å². The number of β-amino-alcohol motifs (C(OH)–C–C–N with tert-alkyl or cyclic N) is 1. The normalized spacial score (nSPS) is 32.5. The van der Waals surface area contributed by atoms with Crippen molar-refractivity contribution >= 4 is 6.09 Å². The van der Waals surface area contributed by atoms with Crippen LogP contribution >= 0.6 is 0 Å². The Balaban J connectivity index is 2.01. The Labute approximate surface area is 127 Å². The van der Waals surface area contributed by atoms with Crippen molar-refractivity contribution in [3.8, 4) is 0 Å². The molecule has 1 amide bonds. The fourth-order valence-electron chi connectivity index (χ4n) is 3.83. The second-order valence-corrected chi connectivity index (χ2v) is 8.05. The van der Waals surface area contributed by atoms with E-state index in [0.717, 1.165) is 19.3 Å². The lowest BCUT2D eigenvalue weighted by molar-refractivity contribution is -0.185. The fraction of sp³-hybridized carbons (Fsp3) is 0.938. The Morgan fingerprint density at radius 2 is 2.05 bits per heavy atom. The molecule has 2 rings (SSSR count). The molecular weight excluding hydrogens is 268 g/mol. The number of aliphatic hydroxyl groups is 1. The van der Waals surface area contributed by atoms with Gasteiger partial charge >= 0.3 is 6.09 Å². The van der Waals surface area contributed by atoms with Crippen molar-refractivity contribution in [1.29, 1.82) is 0 Å². The lowest BCUT2D eigenvalue weighted by Gasteiger charge is -2.58. The zero-order valence-electron chi connectivity index (χ0n) is 13.8. The molecule has 3 N–H and O–H groups in total. The molecule has 1 heterocycles. The van der Waals surface area contributed by atoms with Gasteiger partial charge in [-0.2, -0.15) is 0 Å². The number of hydrogen-bond donors (Lipinski definition) is 2. The molecule has 2 atom stereocenters. The summed E-state index contributed by atoms with van der Waals surface area (Å²) in [5, 5.41) is 11.0. The molecule has 5 heteroatoms. The van der Waals surface area contributed by atoms with Crippen LogP contribution in [0.25, 0.3) is 0 Å². The third-order valence-corrected chi connectivity index (χ3v) is 5.03. The molecule has 0 aromatic carbocycles. The molecule has 0 bridgehead atoms. The third kappa shape index (κ3) is 3.19. The summed E-state index contributed by atoms with van der Waals surface area (Å²) in [5.74, 6) is 0.585. The van der Waals surface area contributed by atoms with Crippen LogP contribution in [0.5, 0.6) is 0 Å². The van der Waals surface area contributed by atoms with Gasteiger partial charge in [0, 0.05) is 12.0 Å². The molecular formula is C16H30N2O3. The van der Waals surface area contributed by atoms with Crippen LogP contribution in [-0.4, -0.2) is 46.9 Å². The molecule has 0 aromatic rings. The Morgan fingerprint density at radius 3 is 2.52 bits per heavy atom. The average Bonchev–Trinajstić information content (AvgIpc) is 2.32. The van der Waals surface area contributed by atoms with E-state index in [2.05, 4.69) is 6.92 Å². The zero-order chi connectivity index (χ0) is 15.9. The molecule has 2 aliphatic rings. The van der Waals surface area contributed by atoms with Crippen LogP contribution in [0.15, 0.2) is 0 Å². The van der Waals surface area contributed by atoms with E-state index in [1.54, 1.807) is 4.90 Å². The quantitative estimate of drug-likeness (QED) is 0.819. The van der Waals surface area contributed by atoms with Gasteiger partial charge in [-0.15, -0.1) is 0 Å². The number of carbonyl (C=O) groups excluding carboxylic acids is 1. The number of ether oxygens (including phenoxy) is 1. The van der Waals surface area contributed by atoms with Gasteiger partial charge in [0.15, 0.2) is 0 Å². The van der Waals surface area contributed by atoms with Crippen LogP contribution < -0.4 is 5.73 Å². The molecule has 21 heavy (non-hydrogen) atoms. The van der Waals surface area contributed by atoms with Crippen molar-refractivity contribution in [2.45, 2.75) is 64.6 Å². The second kappa shape index (κ2) is 5.43. The lowest BCUT2D eigenvalue weighted by atomic mass is 9.58. The minimum Gasteiger partial charge on any atom is -0.444 e. The van der Waals surface area contributed by atoms with Crippen molar-refractivity contribution in [3.05, 3.63) is 0 Å². The van der Waals surface area contributed by atoms with Gasteiger partial charge in [-0.25, -0.2) is 4.79 Å². The summed E-state index contributed by atoms with van der Waals surface area (Å²) >= 11 is 0. The van der Waals surface area contributed by atoms with E-state index in [1.165, 1.54) is 6.42 Å². The van der Waals surface area contributed by atoms with Crippen LogP contribution in [-0.2, 0) is 4.74 Å². The first-order valence-corrected chi connectivity index (χ1v) is 8.01. The van der Waals surface area contributed by atoms with Gasteiger partial charge in [0.2, 0.25) is 0 Å². The molecule has 0 radical (unpaired) electrons. The van der Waals surface area contributed by atoms with Gasteiger partial charge in [0.25, 0.3) is 0 Å². The van der Waals surface area contributed by atoms with E-state index in [1.807, 2.05) is 20.8 Å². The molecule has 5 nitrogen and oxygen atoms in total. The minimum absolute atomic E-state index is 0.247. The molecule has 1 aliphatic carbocycles. The van der Waals surface area contributed by atoms with Gasteiger partial charge in [0.1, 0.15) is 11.2 Å². The molecule has 1 saturated heterocycles. The summed E-state index contributed by atoms with van der Waals surface area (Å²) in [4.78, 5) is 13.6. The highest BCUT2D eigenvalue weighted by atomic mass is 16.6. The largest absolute Gasteiger partial charge is 0.444 e. The second-order valence-electron chi connectivity index (χ2n) is 8.05. The number of carbonyl (C=O) groups is 1. The van der Waals surface area contributed by atoms with Gasteiger partial charge < -0.3 is 20.5 Å². The summed E-state index contributed by atoms with van der Waals surface area (Å²) in [7, 11) is 0. The SMILES string of the molecule is CC1CCCC(CN)(C2(O)CN(C(=O)OC(C)(C)C)C2)C1. The van der Waals surface area contributed by atoms with E-state index in [4.69, 9.17) is 10.5 Å². The van der Waals surface area contributed by atoms with Gasteiger partial charge in [-0.1, -0.05) is 19.8 Å². The number of nitrogens with zero attached hydrogens (tertiary/aromatic N) is 1. The Hall–Kier alpha value is -0.810. The van der Waals surface area contributed by atoms with Crippen molar-refractivity contribution in [3.63, 3.8) is 0 Å². The number of likely N-dealkylation sites (tertiary alicyclic amines) is 1. The summed E-state index contributed by atoms with van der Waals surface area (Å²) < 4.78 is 5.35. The molecule has 122 valence electrons. The maximum absolute atomic E-state index is 12.0. The van der Waals surface area contributed by atoms with Crippen LogP contribution in [0.3, 0.4) is 0 Å². The summed E-state index contributed by atoms with van der Waals surface area (Å²) in [6.07, 6.45) is 3.86. The molecule has 2 unspecified atom stereocenters. The number of nitrogens with two attached hydrogens (primary N) is 1. The molecule has 1 aliphatic heterocycles. The smallest absolute Gasteiger partial charge is 0.410 e. The summed E-state index contributed by atoms with van der Waals surface area (Å²) in [6.45, 7) is 8.92. The molecule has 2 fully saturated rings. The van der Waals surface area contributed by atoms with Crippen LogP contribution in [0.1, 0.15) is 53.4 Å². The number of rotatable bonds is 2. The predicted molar refractivity (Wildman–Crippen MR) is 81.9 cm³/mol. The van der Waals surface area contributed by atoms with Gasteiger partial charge in [-0.05, 0) is 39.5 Å². The topological polar surface area (TPSA) is 75.8 Å². The first kappa shape index (κ1) is 16.6. The number of amides is 1. The standard InChI is InChI=1S/C16H30N2O3/c1-12-6-5-7-15(8-12,9-17)16(20)10-18(11-16)13(19)21-14(2,3)4/h12,20H,5-11,17H2,1-4H3. The monoisotopic (exact) mass is 298 g/mol. The van der Waals surface area contributed by atoms with Crippen LogP contribution in [0.4, 0.5) is 4.79 Å². The predicted octanol–water partition coefficient (Wildman–Crippen LogP) is 2.12. The van der Waals surface area contributed by atoms with E-state index < -0.39 is 11.2 Å². The number of hydrogen-bond acceptors (Lipinski definition) is 4. The van der Waals surface area contributed by atoms with E-state index in [-0.39, 0.29) is 11.5 Å². The van der Waals surface area contributed by atoms with E-state index >= 15 is 0 Å². The maximum Gasteiger partial charge on any atom is 0.410 e. The fourth-order valence-corrected chi connectivity index (χ4v) is 3.83. The maximum atomic E-state index is 12.0. The highest BCUT2D eigenvalue weighted by molar-refractivity contribution is 5.69. The molecule has 0 aromatic heterocycles.